The van der Waals surface area contributed by atoms with Gasteiger partial charge in [-0.1, -0.05) is 82.9 Å². The molecule has 0 radical (unpaired) electrons. The van der Waals surface area contributed by atoms with E-state index in [1.165, 1.54) is 62.9 Å². The Morgan fingerprint density at radius 1 is 0.871 bits per heavy atom. The number of nitrogens with one attached hydrogen (secondary N) is 1. The first-order valence-electron chi connectivity index (χ1n) is 11.9. The first kappa shape index (κ1) is 25.0. The number of rotatable bonds is 16. The number of carbonyl (C=O) groups is 1. The quantitative estimate of drug-likeness (QED) is 0.251. The van der Waals surface area contributed by atoms with Crippen molar-refractivity contribution < 1.29 is 10.0 Å². The fourth-order valence-electron chi connectivity index (χ4n) is 3.65. The lowest BCUT2D eigenvalue weighted by Gasteiger charge is -2.15. The lowest BCUT2D eigenvalue weighted by molar-refractivity contribution is -0.108. The Morgan fingerprint density at radius 2 is 1.48 bits per heavy atom. The number of hydroxylamine groups is 2. The SMILES string of the molecule is CCCCCCCCCCCCNC(=O)c1ccc(CN(O)Cc2cccnc2)cc1. The predicted octanol–water partition coefficient (Wildman–Crippen LogP) is 6.12. The van der Waals surface area contributed by atoms with Crippen molar-refractivity contribution in [1.29, 1.82) is 0 Å². The number of pyridine rings is 1. The predicted molar refractivity (Wildman–Crippen MR) is 126 cm³/mol. The monoisotopic (exact) mass is 425 g/mol. The number of aromatic nitrogens is 1. The molecule has 0 unspecified atom stereocenters. The summed E-state index contributed by atoms with van der Waals surface area (Å²) in [5, 5.41) is 14.4. The van der Waals surface area contributed by atoms with Crippen LogP contribution in [0.5, 0.6) is 0 Å². The highest BCUT2D eigenvalue weighted by molar-refractivity contribution is 5.94. The molecule has 2 N–H and O–H groups in total. The van der Waals surface area contributed by atoms with Crippen LogP contribution in [-0.4, -0.2) is 27.7 Å². The van der Waals surface area contributed by atoms with Crippen LogP contribution in [0.3, 0.4) is 0 Å². The van der Waals surface area contributed by atoms with Gasteiger partial charge in [0.2, 0.25) is 0 Å². The lowest BCUT2D eigenvalue weighted by atomic mass is 10.1. The number of benzene rings is 1. The van der Waals surface area contributed by atoms with Gasteiger partial charge >= 0.3 is 0 Å². The fourth-order valence-corrected chi connectivity index (χ4v) is 3.65. The van der Waals surface area contributed by atoms with Crippen molar-refractivity contribution in [2.24, 2.45) is 0 Å². The molecule has 5 heteroatoms. The van der Waals surface area contributed by atoms with Crippen LogP contribution in [0.2, 0.25) is 0 Å². The molecule has 0 spiro atoms. The average molecular weight is 426 g/mol. The van der Waals surface area contributed by atoms with Crippen LogP contribution in [0.1, 0.15) is 92.6 Å². The molecule has 0 aliphatic heterocycles. The zero-order valence-corrected chi connectivity index (χ0v) is 19.1. The van der Waals surface area contributed by atoms with Gasteiger partial charge in [-0.25, -0.2) is 0 Å². The minimum absolute atomic E-state index is 0.0290. The second-order valence-corrected chi connectivity index (χ2v) is 8.32. The summed E-state index contributed by atoms with van der Waals surface area (Å²) >= 11 is 0. The van der Waals surface area contributed by atoms with Gasteiger partial charge in [0.15, 0.2) is 0 Å². The van der Waals surface area contributed by atoms with Gasteiger partial charge in [-0.05, 0) is 35.7 Å². The number of carbonyl (C=O) groups excluding carboxylic acids is 1. The average Bonchev–Trinajstić information content (AvgIpc) is 2.78. The van der Waals surface area contributed by atoms with Gasteiger partial charge < -0.3 is 10.5 Å². The highest BCUT2D eigenvalue weighted by Crippen LogP contribution is 2.11. The molecule has 0 bridgehead atoms. The van der Waals surface area contributed by atoms with Crippen molar-refractivity contribution in [3.05, 3.63) is 65.5 Å². The van der Waals surface area contributed by atoms with Crippen molar-refractivity contribution in [3.8, 4) is 0 Å². The van der Waals surface area contributed by atoms with Crippen molar-refractivity contribution in [2.75, 3.05) is 6.54 Å². The van der Waals surface area contributed by atoms with Crippen molar-refractivity contribution in [2.45, 2.75) is 84.2 Å². The van der Waals surface area contributed by atoms with E-state index in [1.54, 1.807) is 12.4 Å². The van der Waals surface area contributed by atoms with E-state index in [1.807, 2.05) is 36.4 Å². The number of unbranched alkanes of at least 4 members (excludes halogenated alkanes) is 9. The highest BCUT2D eigenvalue weighted by Gasteiger charge is 2.07. The third kappa shape index (κ3) is 11.1. The van der Waals surface area contributed by atoms with Gasteiger partial charge in [0.25, 0.3) is 5.91 Å². The second kappa shape index (κ2) is 15.5. The summed E-state index contributed by atoms with van der Waals surface area (Å²) in [7, 11) is 0. The van der Waals surface area contributed by atoms with Gasteiger partial charge in [-0.15, -0.1) is 0 Å². The Hall–Kier alpha value is -2.24. The zero-order chi connectivity index (χ0) is 22.2. The van der Waals surface area contributed by atoms with E-state index in [-0.39, 0.29) is 5.91 Å². The topological polar surface area (TPSA) is 65.5 Å². The Labute approximate surface area is 187 Å². The normalized spacial score (nSPS) is 11.1. The van der Waals surface area contributed by atoms with E-state index < -0.39 is 0 Å². The summed E-state index contributed by atoms with van der Waals surface area (Å²) in [5.74, 6) is -0.0290. The summed E-state index contributed by atoms with van der Waals surface area (Å²) in [5.41, 5.74) is 2.57. The fraction of sp³-hybridized carbons (Fsp3) is 0.538. The summed E-state index contributed by atoms with van der Waals surface area (Å²) in [6.07, 6.45) is 16.4. The molecule has 170 valence electrons. The molecular weight excluding hydrogens is 386 g/mol. The maximum Gasteiger partial charge on any atom is 0.251 e. The first-order chi connectivity index (χ1) is 15.2. The van der Waals surface area contributed by atoms with Crippen LogP contribution in [0.25, 0.3) is 0 Å². The van der Waals surface area contributed by atoms with Gasteiger partial charge in [-0.2, -0.15) is 5.06 Å². The third-order valence-electron chi connectivity index (χ3n) is 5.48. The maximum atomic E-state index is 12.3. The van der Waals surface area contributed by atoms with Crippen LogP contribution < -0.4 is 5.32 Å². The maximum absolute atomic E-state index is 12.3. The molecule has 1 heterocycles. The van der Waals surface area contributed by atoms with E-state index in [4.69, 9.17) is 0 Å². The van der Waals surface area contributed by atoms with Crippen LogP contribution in [0.4, 0.5) is 0 Å². The molecule has 0 saturated heterocycles. The molecule has 0 saturated carbocycles. The first-order valence-corrected chi connectivity index (χ1v) is 11.9. The number of amides is 1. The summed E-state index contributed by atoms with van der Waals surface area (Å²) in [6, 6.07) is 11.2. The molecule has 0 aliphatic carbocycles. The third-order valence-corrected chi connectivity index (χ3v) is 5.48. The molecule has 5 nitrogen and oxygen atoms in total. The molecule has 2 aromatic rings. The van der Waals surface area contributed by atoms with Gasteiger partial charge in [-0.3, -0.25) is 9.78 Å². The Balaban J connectivity index is 1.56. The highest BCUT2D eigenvalue weighted by atomic mass is 16.5. The van der Waals surface area contributed by atoms with E-state index in [0.717, 1.165) is 24.1 Å². The summed E-state index contributed by atoms with van der Waals surface area (Å²) < 4.78 is 0. The van der Waals surface area contributed by atoms with E-state index in [2.05, 4.69) is 17.2 Å². The van der Waals surface area contributed by atoms with Crippen molar-refractivity contribution in [1.82, 2.24) is 15.4 Å². The van der Waals surface area contributed by atoms with Crippen LogP contribution in [0.15, 0.2) is 48.8 Å². The number of nitrogens with zero attached hydrogens (tertiary/aromatic N) is 2. The molecule has 31 heavy (non-hydrogen) atoms. The van der Waals surface area contributed by atoms with E-state index in [9.17, 15) is 10.0 Å². The molecule has 1 aromatic carbocycles. The smallest absolute Gasteiger partial charge is 0.251 e. The molecule has 1 amide bonds. The molecule has 0 atom stereocenters. The minimum Gasteiger partial charge on any atom is -0.352 e. The van der Waals surface area contributed by atoms with Crippen LogP contribution in [0, 0.1) is 0 Å². The van der Waals surface area contributed by atoms with Crippen LogP contribution >= 0.6 is 0 Å². The Morgan fingerprint density at radius 3 is 2.10 bits per heavy atom. The van der Waals surface area contributed by atoms with Crippen molar-refractivity contribution >= 4 is 5.91 Å². The molecule has 0 fully saturated rings. The number of hydrogen-bond donors (Lipinski definition) is 2. The molecule has 2 rings (SSSR count). The van der Waals surface area contributed by atoms with E-state index >= 15 is 0 Å². The lowest BCUT2D eigenvalue weighted by Crippen LogP contribution is -2.24. The van der Waals surface area contributed by atoms with Gasteiger partial charge in [0.05, 0.1) is 6.54 Å². The second-order valence-electron chi connectivity index (χ2n) is 8.32. The number of hydrogen-bond acceptors (Lipinski definition) is 4. The van der Waals surface area contributed by atoms with Crippen LogP contribution in [-0.2, 0) is 13.1 Å². The Kier molecular flexibility index (Phi) is 12.5. The standard InChI is InChI=1S/C26H39N3O2/c1-2-3-4-5-6-7-8-9-10-11-19-28-26(30)25-16-14-23(15-17-25)21-29(31)22-24-13-12-18-27-20-24/h12-18,20,31H,2-11,19,21-22H2,1H3,(H,28,30). The minimum atomic E-state index is -0.0290. The summed E-state index contributed by atoms with van der Waals surface area (Å²) in [4.78, 5) is 16.4. The summed E-state index contributed by atoms with van der Waals surface area (Å²) in [6.45, 7) is 3.79. The van der Waals surface area contributed by atoms with Gasteiger partial charge in [0.1, 0.15) is 0 Å². The largest absolute Gasteiger partial charge is 0.352 e. The molecule has 1 aromatic heterocycles. The Bertz CT molecular complexity index is 719. The molecule has 0 aliphatic rings. The van der Waals surface area contributed by atoms with E-state index in [0.29, 0.717) is 18.7 Å². The molecular formula is C26H39N3O2. The van der Waals surface area contributed by atoms with Crippen molar-refractivity contribution in [3.63, 3.8) is 0 Å². The van der Waals surface area contributed by atoms with Gasteiger partial charge in [0, 0.05) is 31.0 Å². The zero-order valence-electron chi connectivity index (χ0n) is 19.1.